The highest BCUT2D eigenvalue weighted by atomic mass is 16.5. The number of benzene rings is 2. The Morgan fingerprint density at radius 1 is 1.07 bits per heavy atom. The van der Waals surface area contributed by atoms with E-state index in [4.69, 9.17) is 9.15 Å². The van der Waals surface area contributed by atoms with Gasteiger partial charge in [-0.2, -0.15) is 0 Å². The van der Waals surface area contributed by atoms with E-state index in [9.17, 15) is 9.90 Å². The lowest BCUT2D eigenvalue weighted by atomic mass is 9.98. The molecule has 1 atom stereocenters. The predicted octanol–water partition coefficient (Wildman–Crippen LogP) is 4.16. The van der Waals surface area contributed by atoms with Gasteiger partial charge in [-0.15, -0.1) is 0 Å². The van der Waals surface area contributed by atoms with E-state index in [1.54, 1.807) is 19.1 Å². The molecule has 138 valence electrons. The molecule has 5 nitrogen and oxygen atoms in total. The number of ether oxygens (including phenoxy) is 1. The first kappa shape index (κ1) is 17.4. The Kier molecular flexibility index (Phi) is 4.69. The molecule has 27 heavy (non-hydrogen) atoms. The Hall–Kier alpha value is -3.05. The molecule has 1 unspecified atom stereocenters. The van der Waals surface area contributed by atoms with Crippen LogP contribution in [0.15, 0.2) is 65.1 Å². The Balaban J connectivity index is 1.38. The summed E-state index contributed by atoms with van der Waals surface area (Å²) in [6, 6.07) is 19.8. The fourth-order valence-corrected chi connectivity index (χ4v) is 3.56. The first-order valence-electron chi connectivity index (χ1n) is 8.96. The zero-order valence-corrected chi connectivity index (χ0v) is 15.0. The maximum absolute atomic E-state index is 12.1. The molecule has 1 amide bonds. The molecule has 2 aromatic carbocycles. The maximum atomic E-state index is 12.1. The van der Waals surface area contributed by atoms with Crippen molar-refractivity contribution in [3.05, 3.63) is 83.3 Å². The van der Waals surface area contributed by atoms with Crippen molar-refractivity contribution in [1.82, 2.24) is 5.32 Å². The molecular formula is C22H21NO4. The number of fused-ring (bicyclic) bond motifs is 3. The van der Waals surface area contributed by atoms with Gasteiger partial charge in [-0.25, -0.2) is 4.79 Å². The average Bonchev–Trinajstić information content (AvgIpc) is 3.26. The number of rotatable bonds is 5. The summed E-state index contributed by atoms with van der Waals surface area (Å²) >= 11 is 0. The highest BCUT2D eigenvalue weighted by Gasteiger charge is 2.29. The van der Waals surface area contributed by atoms with Crippen LogP contribution in [0.4, 0.5) is 4.79 Å². The van der Waals surface area contributed by atoms with Crippen LogP contribution in [0.1, 0.15) is 34.7 Å². The summed E-state index contributed by atoms with van der Waals surface area (Å²) in [5.41, 5.74) is 4.70. The molecule has 0 radical (unpaired) electrons. The molecule has 1 heterocycles. The molecule has 0 saturated carbocycles. The Morgan fingerprint density at radius 2 is 1.70 bits per heavy atom. The second-order valence-electron chi connectivity index (χ2n) is 6.67. The zero-order chi connectivity index (χ0) is 18.8. The number of furan rings is 1. The number of amides is 1. The van der Waals surface area contributed by atoms with Crippen LogP contribution in [0, 0.1) is 6.92 Å². The molecule has 0 spiro atoms. The van der Waals surface area contributed by atoms with E-state index in [1.165, 1.54) is 11.1 Å². The smallest absolute Gasteiger partial charge is 0.407 e. The fraction of sp³-hybridized carbons (Fsp3) is 0.227. The molecule has 0 fully saturated rings. The molecule has 1 aliphatic carbocycles. The van der Waals surface area contributed by atoms with Gasteiger partial charge in [0, 0.05) is 5.92 Å². The molecular weight excluding hydrogens is 342 g/mol. The molecule has 0 aliphatic heterocycles. The van der Waals surface area contributed by atoms with Crippen molar-refractivity contribution in [1.29, 1.82) is 0 Å². The van der Waals surface area contributed by atoms with Gasteiger partial charge in [0.15, 0.2) is 0 Å². The third-order valence-corrected chi connectivity index (χ3v) is 4.87. The van der Waals surface area contributed by atoms with Crippen molar-refractivity contribution in [3.8, 4) is 11.1 Å². The second-order valence-corrected chi connectivity index (χ2v) is 6.67. The minimum absolute atomic E-state index is 0.0146. The van der Waals surface area contributed by atoms with Gasteiger partial charge in [0.05, 0.1) is 6.54 Å². The number of alkyl carbamates (subject to hydrolysis) is 1. The van der Waals surface area contributed by atoms with Gasteiger partial charge >= 0.3 is 6.09 Å². The van der Waals surface area contributed by atoms with Gasteiger partial charge < -0.3 is 19.6 Å². The highest BCUT2D eigenvalue weighted by molar-refractivity contribution is 5.79. The number of carbonyl (C=O) groups is 1. The van der Waals surface area contributed by atoms with Crippen LogP contribution in [-0.4, -0.2) is 24.4 Å². The summed E-state index contributed by atoms with van der Waals surface area (Å²) in [4.78, 5) is 12.1. The summed E-state index contributed by atoms with van der Waals surface area (Å²) in [5.74, 6) is 1.15. The minimum Gasteiger partial charge on any atom is -0.464 e. The predicted molar refractivity (Wildman–Crippen MR) is 101 cm³/mol. The first-order chi connectivity index (χ1) is 13.1. The van der Waals surface area contributed by atoms with Crippen LogP contribution >= 0.6 is 0 Å². The lowest BCUT2D eigenvalue weighted by Gasteiger charge is -2.15. The highest BCUT2D eigenvalue weighted by Crippen LogP contribution is 2.44. The second kappa shape index (κ2) is 7.29. The van der Waals surface area contributed by atoms with Crippen LogP contribution in [0.2, 0.25) is 0 Å². The van der Waals surface area contributed by atoms with Gasteiger partial charge in [0.1, 0.15) is 24.2 Å². The molecule has 1 aliphatic rings. The molecule has 2 N–H and O–H groups in total. The van der Waals surface area contributed by atoms with Crippen molar-refractivity contribution in [2.75, 3.05) is 13.2 Å². The monoisotopic (exact) mass is 363 g/mol. The largest absolute Gasteiger partial charge is 0.464 e. The Morgan fingerprint density at radius 3 is 2.30 bits per heavy atom. The van der Waals surface area contributed by atoms with E-state index in [0.29, 0.717) is 11.5 Å². The van der Waals surface area contributed by atoms with Crippen molar-refractivity contribution in [2.45, 2.75) is 18.9 Å². The third kappa shape index (κ3) is 3.46. The van der Waals surface area contributed by atoms with Gasteiger partial charge in [0.2, 0.25) is 0 Å². The van der Waals surface area contributed by atoms with Gasteiger partial charge in [-0.05, 0) is 41.3 Å². The van der Waals surface area contributed by atoms with Crippen LogP contribution in [0.3, 0.4) is 0 Å². The number of aliphatic hydroxyl groups excluding tert-OH is 1. The number of carbonyl (C=O) groups excluding carboxylic acids is 1. The molecule has 4 rings (SSSR count). The summed E-state index contributed by atoms with van der Waals surface area (Å²) < 4.78 is 10.8. The van der Waals surface area contributed by atoms with Gasteiger partial charge in [0.25, 0.3) is 0 Å². The van der Waals surface area contributed by atoms with Crippen LogP contribution in [-0.2, 0) is 4.74 Å². The standard InChI is InChI=1S/C22H21NO4/c1-14-10-11-21(27-14)20(24)12-23-22(25)26-13-19-17-8-4-2-6-15(17)16-7-3-5-9-18(16)19/h2-11,19-20,24H,12-13H2,1H3,(H,23,25). The molecule has 1 aromatic heterocycles. The summed E-state index contributed by atoms with van der Waals surface area (Å²) in [6.07, 6.45) is -1.46. The van der Waals surface area contributed by atoms with Crippen LogP contribution < -0.4 is 5.32 Å². The van der Waals surface area contributed by atoms with E-state index in [2.05, 4.69) is 29.6 Å². The van der Waals surface area contributed by atoms with Crippen LogP contribution in [0.25, 0.3) is 11.1 Å². The van der Waals surface area contributed by atoms with Crippen molar-refractivity contribution < 1.29 is 19.1 Å². The number of aryl methyl sites for hydroxylation is 1. The normalized spacial score (nSPS) is 13.7. The molecule has 0 saturated heterocycles. The van der Waals surface area contributed by atoms with Crippen LogP contribution in [0.5, 0.6) is 0 Å². The Labute approximate surface area is 157 Å². The van der Waals surface area contributed by atoms with Gasteiger partial charge in [-0.3, -0.25) is 0 Å². The Bertz CT molecular complexity index is 917. The number of hydrogen-bond donors (Lipinski definition) is 2. The first-order valence-corrected chi connectivity index (χ1v) is 8.96. The number of aliphatic hydroxyl groups is 1. The molecule has 3 aromatic rings. The number of nitrogens with one attached hydrogen (secondary N) is 1. The lowest BCUT2D eigenvalue weighted by molar-refractivity contribution is 0.120. The van der Waals surface area contributed by atoms with E-state index in [-0.39, 0.29) is 19.1 Å². The van der Waals surface area contributed by atoms with E-state index in [0.717, 1.165) is 11.1 Å². The van der Waals surface area contributed by atoms with Crippen molar-refractivity contribution >= 4 is 6.09 Å². The topological polar surface area (TPSA) is 71.7 Å². The molecule has 0 bridgehead atoms. The van der Waals surface area contributed by atoms with Crippen molar-refractivity contribution in [2.24, 2.45) is 0 Å². The summed E-state index contributed by atoms with van der Waals surface area (Å²) in [6.45, 7) is 2.08. The quantitative estimate of drug-likeness (QED) is 0.714. The van der Waals surface area contributed by atoms with E-state index < -0.39 is 12.2 Å². The van der Waals surface area contributed by atoms with Gasteiger partial charge in [-0.1, -0.05) is 48.5 Å². The van der Waals surface area contributed by atoms with E-state index >= 15 is 0 Å². The summed E-state index contributed by atoms with van der Waals surface area (Å²) in [7, 11) is 0. The fourth-order valence-electron chi connectivity index (χ4n) is 3.56. The third-order valence-electron chi connectivity index (χ3n) is 4.87. The number of hydrogen-bond acceptors (Lipinski definition) is 4. The van der Waals surface area contributed by atoms with Crippen molar-refractivity contribution in [3.63, 3.8) is 0 Å². The minimum atomic E-state index is -0.904. The molecule has 5 heteroatoms. The zero-order valence-electron chi connectivity index (χ0n) is 15.0. The SMILES string of the molecule is Cc1ccc(C(O)CNC(=O)OCC2c3ccccc3-c3ccccc32)o1. The van der Waals surface area contributed by atoms with E-state index in [1.807, 2.05) is 24.3 Å². The maximum Gasteiger partial charge on any atom is 0.407 e. The average molecular weight is 363 g/mol. The lowest BCUT2D eigenvalue weighted by Crippen LogP contribution is -2.30. The summed E-state index contributed by atoms with van der Waals surface area (Å²) in [5, 5.41) is 12.6.